The maximum absolute atomic E-state index is 5.06. The predicted molar refractivity (Wildman–Crippen MR) is 127 cm³/mol. The van der Waals surface area contributed by atoms with E-state index >= 15 is 0 Å². The Morgan fingerprint density at radius 1 is 1.07 bits per heavy atom. The lowest BCUT2D eigenvalue weighted by molar-refractivity contribution is 0.594. The molecule has 1 atom stereocenters. The normalized spacial score (nSPS) is 12.4. The molecule has 1 aromatic heterocycles. The minimum absolute atomic E-state index is 0.292. The summed E-state index contributed by atoms with van der Waals surface area (Å²) in [4.78, 5) is 6.29. The summed E-state index contributed by atoms with van der Waals surface area (Å²) in [6.07, 6.45) is 5.17. The van der Waals surface area contributed by atoms with E-state index in [0.717, 1.165) is 35.7 Å². The standard InChI is InChI=1S/C25H31N3S/c1-6-12-19(4)28(26-17-22-15-9-8-13-18(22)3)25-27-24(20(5)29-25)23-16-11-10-14-21(23)7-2/h8-11,13-17,19H,6-7,12H2,1-5H3/b26-17+. The molecule has 0 aliphatic carbocycles. The first-order valence-electron chi connectivity index (χ1n) is 10.5. The Hall–Kier alpha value is -2.46. The van der Waals surface area contributed by atoms with Crippen LogP contribution in [0.5, 0.6) is 0 Å². The first kappa shape index (κ1) is 21.3. The molecule has 0 N–H and O–H groups in total. The van der Waals surface area contributed by atoms with Crippen molar-refractivity contribution in [3.05, 3.63) is 70.1 Å². The van der Waals surface area contributed by atoms with Crippen LogP contribution < -0.4 is 5.01 Å². The lowest BCUT2D eigenvalue weighted by Crippen LogP contribution is -2.28. The Balaban J connectivity index is 2.00. The fraction of sp³-hybridized carbons (Fsp3) is 0.360. The van der Waals surface area contributed by atoms with Crippen molar-refractivity contribution >= 4 is 22.7 Å². The van der Waals surface area contributed by atoms with E-state index in [1.54, 1.807) is 11.3 Å². The molecule has 1 unspecified atom stereocenters. The Labute approximate surface area is 179 Å². The summed E-state index contributed by atoms with van der Waals surface area (Å²) >= 11 is 1.73. The molecule has 0 spiro atoms. The quantitative estimate of drug-likeness (QED) is 0.297. The number of benzene rings is 2. The van der Waals surface area contributed by atoms with Gasteiger partial charge in [0.15, 0.2) is 0 Å². The van der Waals surface area contributed by atoms with E-state index in [4.69, 9.17) is 10.1 Å². The van der Waals surface area contributed by atoms with E-state index in [9.17, 15) is 0 Å². The zero-order valence-corrected chi connectivity index (χ0v) is 19.0. The van der Waals surface area contributed by atoms with Crippen molar-refractivity contribution in [3.63, 3.8) is 0 Å². The van der Waals surface area contributed by atoms with E-state index in [0.29, 0.717) is 6.04 Å². The molecule has 1 heterocycles. The molecule has 4 heteroatoms. The highest BCUT2D eigenvalue weighted by Crippen LogP contribution is 2.35. The molecule has 0 saturated carbocycles. The maximum atomic E-state index is 5.06. The maximum Gasteiger partial charge on any atom is 0.207 e. The second-order valence-corrected chi connectivity index (χ2v) is 8.68. The first-order chi connectivity index (χ1) is 14.0. The number of aryl methyl sites for hydroxylation is 3. The van der Waals surface area contributed by atoms with Crippen LogP contribution in [-0.4, -0.2) is 17.2 Å². The Morgan fingerprint density at radius 2 is 1.79 bits per heavy atom. The number of hydrogen-bond donors (Lipinski definition) is 0. The van der Waals surface area contributed by atoms with Crippen LogP contribution in [0.3, 0.4) is 0 Å². The topological polar surface area (TPSA) is 28.5 Å². The highest BCUT2D eigenvalue weighted by Gasteiger charge is 2.20. The zero-order chi connectivity index (χ0) is 20.8. The third-order valence-electron chi connectivity index (χ3n) is 5.27. The number of anilines is 1. The van der Waals surface area contributed by atoms with Crippen LogP contribution in [0.2, 0.25) is 0 Å². The summed E-state index contributed by atoms with van der Waals surface area (Å²) in [6, 6.07) is 17.2. The summed E-state index contributed by atoms with van der Waals surface area (Å²) in [5.41, 5.74) is 6.03. The molecular formula is C25H31N3S. The molecule has 29 heavy (non-hydrogen) atoms. The first-order valence-corrected chi connectivity index (χ1v) is 11.3. The molecule has 0 amide bonds. The van der Waals surface area contributed by atoms with Crippen LogP contribution in [0, 0.1) is 13.8 Å². The van der Waals surface area contributed by atoms with E-state index in [-0.39, 0.29) is 0 Å². The fourth-order valence-electron chi connectivity index (χ4n) is 3.54. The van der Waals surface area contributed by atoms with Crippen molar-refractivity contribution in [2.45, 2.75) is 59.9 Å². The van der Waals surface area contributed by atoms with Crippen LogP contribution in [0.1, 0.15) is 55.2 Å². The van der Waals surface area contributed by atoms with Gasteiger partial charge in [0, 0.05) is 10.4 Å². The second-order valence-electron chi connectivity index (χ2n) is 7.50. The smallest absolute Gasteiger partial charge is 0.207 e. The van der Waals surface area contributed by atoms with Gasteiger partial charge in [-0.05, 0) is 50.3 Å². The van der Waals surface area contributed by atoms with Crippen molar-refractivity contribution in [3.8, 4) is 11.3 Å². The molecule has 3 aromatic rings. The van der Waals surface area contributed by atoms with Gasteiger partial charge in [-0.2, -0.15) is 5.10 Å². The van der Waals surface area contributed by atoms with Crippen molar-refractivity contribution in [1.29, 1.82) is 0 Å². The molecule has 0 fully saturated rings. The van der Waals surface area contributed by atoms with Gasteiger partial charge in [0.2, 0.25) is 5.13 Å². The van der Waals surface area contributed by atoms with Gasteiger partial charge in [-0.25, -0.2) is 9.99 Å². The van der Waals surface area contributed by atoms with Crippen molar-refractivity contribution in [2.24, 2.45) is 5.10 Å². The number of nitrogens with zero attached hydrogens (tertiary/aromatic N) is 3. The largest absolute Gasteiger partial charge is 0.236 e. The lowest BCUT2D eigenvalue weighted by Gasteiger charge is -2.23. The van der Waals surface area contributed by atoms with Crippen LogP contribution in [-0.2, 0) is 6.42 Å². The fourth-order valence-corrected chi connectivity index (χ4v) is 4.52. The number of hydrogen-bond acceptors (Lipinski definition) is 4. The van der Waals surface area contributed by atoms with Crippen LogP contribution >= 0.6 is 11.3 Å². The Bertz CT molecular complexity index is 974. The van der Waals surface area contributed by atoms with E-state index in [1.807, 2.05) is 6.21 Å². The highest BCUT2D eigenvalue weighted by atomic mass is 32.1. The minimum Gasteiger partial charge on any atom is -0.236 e. The van der Waals surface area contributed by atoms with Gasteiger partial charge < -0.3 is 0 Å². The minimum atomic E-state index is 0.292. The molecule has 0 bridgehead atoms. The molecule has 0 aliphatic rings. The second kappa shape index (κ2) is 9.84. The molecule has 152 valence electrons. The van der Waals surface area contributed by atoms with Gasteiger partial charge >= 0.3 is 0 Å². The Morgan fingerprint density at radius 3 is 2.52 bits per heavy atom. The third-order valence-corrected chi connectivity index (χ3v) is 6.23. The monoisotopic (exact) mass is 405 g/mol. The number of aromatic nitrogens is 1. The van der Waals surface area contributed by atoms with Crippen molar-refractivity contribution in [1.82, 2.24) is 4.98 Å². The SMILES string of the molecule is CCCC(C)N(/N=C/c1ccccc1C)c1nc(-c2ccccc2CC)c(C)s1. The van der Waals surface area contributed by atoms with Gasteiger partial charge in [0.25, 0.3) is 0 Å². The Kier molecular flexibility index (Phi) is 7.21. The molecule has 0 aliphatic heterocycles. The van der Waals surface area contributed by atoms with Crippen LogP contribution in [0.15, 0.2) is 53.6 Å². The summed E-state index contributed by atoms with van der Waals surface area (Å²) in [7, 11) is 0. The third kappa shape index (κ3) is 4.94. The predicted octanol–water partition coefficient (Wildman–Crippen LogP) is 7.02. The number of thiazole rings is 1. The number of rotatable bonds is 8. The average Bonchev–Trinajstić information content (AvgIpc) is 3.10. The molecule has 2 aromatic carbocycles. The van der Waals surface area contributed by atoms with E-state index < -0.39 is 0 Å². The van der Waals surface area contributed by atoms with Crippen LogP contribution in [0.25, 0.3) is 11.3 Å². The lowest BCUT2D eigenvalue weighted by atomic mass is 10.0. The van der Waals surface area contributed by atoms with Gasteiger partial charge in [0.05, 0.1) is 18.0 Å². The molecular weight excluding hydrogens is 374 g/mol. The van der Waals surface area contributed by atoms with Crippen molar-refractivity contribution in [2.75, 3.05) is 5.01 Å². The highest BCUT2D eigenvalue weighted by molar-refractivity contribution is 7.16. The average molecular weight is 406 g/mol. The summed E-state index contributed by atoms with van der Waals surface area (Å²) in [5.74, 6) is 0. The molecule has 0 saturated heterocycles. The van der Waals surface area contributed by atoms with Gasteiger partial charge in [0.1, 0.15) is 0 Å². The van der Waals surface area contributed by atoms with Crippen molar-refractivity contribution < 1.29 is 0 Å². The summed E-state index contributed by atoms with van der Waals surface area (Å²) in [6.45, 7) is 10.9. The van der Waals surface area contributed by atoms with E-state index in [2.05, 4.69) is 88.2 Å². The zero-order valence-electron chi connectivity index (χ0n) is 18.1. The molecule has 3 nitrogen and oxygen atoms in total. The molecule has 3 rings (SSSR count). The number of hydrazone groups is 1. The van der Waals surface area contributed by atoms with Gasteiger partial charge in [-0.15, -0.1) is 0 Å². The van der Waals surface area contributed by atoms with Crippen LogP contribution in [0.4, 0.5) is 5.13 Å². The van der Waals surface area contributed by atoms with E-state index in [1.165, 1.54) is 21.6 Å². The summed E-state index contributed by atoms with van der Waals surface area (Å²) in [5, 5.41) is 7.96. The summed E-state index contributed by atoms with van der Waals surface area (Å²) < 4.78 is 0. The van der Waals surface area contributed by atoms with Gasteiger partial charge in [-0.1, -0.05) is 80.1 Å². The molecule has 0 radical (unpaired) electrons. The van der Waals surface area contributed by atoms with Gasteiger partial charge in [-0.3, -0.25) is 0 Å².